The summed E-state index contributed by atoms with van der Waals surface area (Å²) in [7, 11) is 0. The molecule has 4 nitrogen and oxygen atoms in total. The molecule has 2 aromatic rings. The monoisotopic (exact) mass is 256 g/mol. The van der Waals surface area contributed by atoms with E-state index in [4.69, 9.17) is 16.2 Å². The molecule has 19 heavy (non-hydrogen) atoms. The second-order valence-electron chi connectivity index (χ2n) is 4.49. The number of benzene rings is 2. The lowest BCUT2D eigenvalue weighted by Crippen LogP contribution is -2.12. The molecule has 0 radical (unpaired) electrons. The molecule has 0 aliphatic heterocycles. The van der Waals surface area contributed by atoms with Crippen molar-refractivity contribution in [3.63, 3.8) is 0 Å². The maximum Gasteiger partial charge on any atom is 0.252 e. The third-order valence-electron chi connectivity index (χ3n) is 2.83. The van der Waals surface area contributed by atoms with Crippen LogP contribution in [0.25, 0.3) is 0 Å². The van der Waals surface area contributed by atoms with Crippen LogP contribution >= 0.6 is 0 Å². The van der Waals surface area contributed by atoms with Gasteiger partial charge in [-0.25, -0.2) is 0 Å². The Kier molecular flexibility index (Phi) is 3.42. The maximum absolute atomic E-state index is 11.4. The van der Waals surface area contributed by atoms with Gasteiger partial charge >= 0.3 is 0 Å². The average Bonchev–Trinajstić information content (AvgIpc) is 2.35. The minimum absolute atomic E-state index is 0.279. The van der Waals surface area contributed by atoms with Crippen LogP contribution in [-0.4, -0.2) is 5.91 Å². The van der Waals surface area contributed by atoms with Gasteiger partial charge in [0.25, 0.3) is 5.91 Å². The largest absolute Gasteiger partial charge is 0.456 e. The third-order valence-corrected chi connectivity index (χ3v) is 2.83. The fourth-order valence-corrected chi connectivity index (χ4v) is 1.76. The number of aryl methyl sites for hydroxylation is 2. The number of rotatable bonds is 3. The topological polar surface area (TPSA) is 78.3 Å². The minimum atomic E-state index is -0.562. The summed E-state index contributed by atoms with van der Waals surface area (Å²) in [6.45, 7) is 3.92. The predicted molar refractivity (Wildman–Crippen MR) is 75.4 cm³/mol. The van der Waals surface area contributed by atoms with Gasteiger partial charge in [0.15, 0.2) is 0 Å². The van der Waals surface area contributed by atoms with E-state index < -0.39 is 5.91 Å². The lowest BCUT2D eigenvalue weighted by atomic mass is 10.1. The molecule has 0 aromatic heterocycles. The summed E-state index contributed by atoms with van der Waals surface area (Å²) in [5.41, 5.74) is 13.8. The molecule has 0 saturated heterocycles. The standard InChI is InChI=1S/C15H16N2O2/c1-9-3-4-10(2)14(7-9)19-13-6-5-11(16)8-12(13)15(17)18/h3-8H,16H2,1-2H3,(H2,17,18). The molecule has 0 unspecified atom stereocenters. The van der Waals surface area contributed by atoms with Crippen molar-refractivity contribution in [3.05, 3.63) is 53.1 Å². The second kappa shape index (κ2) is 5.02. The van der Waals surface area contributed by atoms with Crippen LogP contribution in [0.3, 0.4) is 0 Å². The van der Waals surface area contributed by atoms with Gasteiger partial charge in [-0.2, -0.15) is 0 Å². The molecule has 98 valence electrons. The molecule has 2 aromatic carbocycles. The SMILES string of the molecule is Cc1ccc(C)c(Oc2ccc(N)cc2C(N)=O)c1. The number of amides is 1. The van der Waals surface area contributed by atoms with Crippen molar-refractivity contribution < 1.29 is 9.53 Å². The molecule has 0 saturated carbocycles. The van der Waals surface area contributed by atoms with Gasteiger partial charge in [-0.3, -0.25) is 4.79 Å². The first kappa shape index (κ1) is 13.0. The predicted octanol–water partition coefficient (Wildman–Crippen LogP) is 2.78. The van der Waals surface area contributed by atoms with E-state index >= 15 is 0 Å². The fourth-order valence-electron chi connectivity index (χ4n) is 1.76. The molecule has 4 heteroatoms. The van der Waals surface area contributed by atoms with Crippen LogP contribution in [-0.2, 0) is 0 Å². The highest BCUT2D eigenvalue weighted by molar-refractivity contribution is 5.96. The van der Waals surface area contributed by atoms with Gasteiger partial charge in [-0.1, -0.05) is 12.1 Å². The Morgan fingerprint density at radius 2 is 1.79 bits per heavy atom. The molecule has 0 bridgehead atoms. The normalized spacial score (nSPS) is 10.2. The summed E-state index contributed by atoms with van der Waals surface area (Å²) in [6, 6.07) is 10.7. The quantitative estimate of drug-likeness (QED) is 0.829. The van der Waals surface area contributed by atoms with Crippen LogP contribution in [0.1, 0.15) is 21.5 Å². The van der Waals surface area contributed by atoms with Crippen molar-refractivity contribution in [1.82, 2.24) is 0 Å². The minimum Gasteiger partial charge on any atom is -0.456 e. The van der Waals surface area contributed by atoms with Gasteiger partial charge < -0.3 is 16.2 Å². The molecular formula is C15H16N2O2. The number of carbonyl (C=O) groups excluding carboxylic acids is 1. The molecule has 0 spiro atoms. The van der Waals surface area contributed by atoms with E-state index in [1.54, 1.807) is 12.1 Å². The summed E-state index contributed by atoms with van der Waals surface area (Å²) in [6.07, 6.45) is 0. The molecule has 0 aliphatic rings. The zero-order valence-corrected chi connectivity index (χ0v) is 10.9. The van der Waals surface area contributed by atoms with Gasteiger partial charge in [-0.15, -0.1) is 0 Å². The van der Waals surface area contributed by atoms with Crippen molar-refractivity contribution >= 4 is 11.6 Å². The highest BCUT2D eigenvalue weighted by atomic mass is 16.5. The number of anilines is 1. The van der Waals surface area contributed by atoms with E-state index in [1.807, 2.05) is 32.0 Å². The Morgan fingerprint density at radius 3 is 2.47 bits per heavy atom. The van der Waals surface area contributed by atoms with Crippen molar-refractivity contribution in [1.29, 1.82) is 0 Å². The van der Waals surface area contributed by atoms with Gasteiger partial charge in [-0.05, 0) is 49.2 Å². The van der Waals surface area contributed by atoms with E-state index in [1.165, 1.54) is 6.07 Å². The Balaban J connectivity index is 2.43. The van der Waals surface area contributed by atoms with Crippen LogP contribution in [0.2, 0.25) is 0 Å². The Morgan fingerprint density at radius 1 is 1.05 bits per heavy atom. The van der Waals surface area contributed by atoms with Gasteiger partial charge in [0.1, 0.15) is 11.5 Å². The molecule has 2 rings (SSSR count). The van der Waals surface area contributed by atoms with E-state index in [9.17, 15) is 4.79 Å². The van der Waals surface area contributed by atoms with E-state index in [0.717, 1.165) is 11.1 Å². The summed E-state index contributed by atoms with van der Waals surface area (Å²) in [5, 5.41) is 0. The Bertz CT molecular complexity index is 636. The number of carbonyl (C=O) groups is 1. The van der Waals surface area contributed by atoms with Crippen molar-refractivity contribution in [2.45, 2.75) is 13.8 Å². The number of nitrogen functional groups attached to an aromatic ring is 1. The van der Waals surface area contributed by atoms with Gasteiger partial charge in [0.05, 0.1) is 5.56 Å². The van der Waals surface area contributed by atoms with Crippen LogP contribution in [0, 0.1) is 13.8 Å². The van der Waals surface area contributed by atoms with Crippen molar-refractivity contribution in [2.75, 3.05) is 5.73 Å². The molecule has 0 fully saturated rings. The zero-order valence-electron chi connectivity index (χ0n) is 10.9. The lowest BCUT2D eigenvalue weighted by molar-refractivity contribution is 0.0998. The third kappa shape index (κ3) is 2.85. The van der Waals surface area contributed by atoms with E-state index in [0.29, 0.717) is 17.2 Å². The maximum atomic E-state index is 11.4. The molecule has 1 amide bonds. The van der Waals surface area contributed by atoms with Gasteiger partial charge in [0.2, 0.25) is 0 Å². The first-order valence-electron chi connectivity index (χ1n) is 5.92. The number of ether oxygens (including phenoxy) is 1. The molecular weight excluding hydrogens is 240 g/mol. The van der Waals surface area contributed by atoms with Crippen LogP contribution in [0.4, 0.5) is 5.69 Å². The van der Waals surface area contributed by atoms with Crippen LogP contribution < -0.4 is 16.2 Å². The van der Waals surface area contributed by atoms with E-state index in [2.05, 4.69) is 0 Å². The van der Waals surface area contributed by atoms with Crippen molar-refractivity contribution in [3.8, 4) is 11.5 Å². The second-order valence-corrected chi connectivity index (χ2v) is 4.49. The number of hydrogen-bond donors (Lipinski definition) is 2. The highest BCUT2D eigenvalue weighted by Gasteiger charge is 2.12. The first-order valence-corrected chi connectivity index (χ1v) is 5.92. The summed E-state index contributed by atoms with van der Waals surface area (Å²) < 4.78 is 5.78. The van der Waals surface area contributed by atoms with Crippen LogP contribution in [0.15, 0.2) is 36.4 Å². The average molecular weight is 256 g/mol. The summed E-state index contributed by atoms with van der Waals surface area (Å²) in [5.74, 6) is 0.551. The zero-order chi connectivity index (χ0) is 14.0. The molecule has 0 atom stereocenters. The Labute approximate surface area is 112 Å². The highest BCUT2D eigenvalue weighted by Crippen LogP contribution is 2.29. The molecule has 4 N–H and O–H groups in total. The molecule has 0 heterocycles. The van der Waals surface area contributed by atoms with Gasteiger partial charge in [0, 0.05) is 5.69 Å². The van der Waals surface area contributed by atoms with E-state index in [-0.39, 0.29) is 5.56 Å². The Hall–Kier alpha value is -2.49. The fraction of sp³-hybridized carbons (Fsp3) is 0.133. The lowest BCUT2D eigenvalue weighted by Gasteiger charge is -2.12. The smallest absolute Gasteiger partial charge is 0.252 e. The summed E-state index contributed by atoms with van der Waals surface area (Å²) in [4.78, 5) is 11.4. The van der Waals surface area contributed by atoms with Crippen molar-refractivity contribution in [2.24, 2.45) is 5.73 Å². The number of primary amides is 1. The number of hydrogen-bond acceptors (Lipinski definition) is 3. The summed E-state index contributed by atoms with van der Waals surface area (Å²) >= 11 is 0. The molecule has 0 aliphatic carbocycles. The number of nitrogens with two attached hydrogens (primary N) is 2. The first-order chi connectivity index (χ1) is 8.97. The van der Waals surface area contributed by atoms with Crippen LogP contribution in [0.5, 0.6) is 11.5 Å².